The van der Waals surface area contributed by atoms with Crippen LogP contribution in [0.2, 0.25) is 0 Å². The molecule has 0 saturated heterocycles. The van der Waals surface area contributed by atoms with Gasteiger partial charge >= 0.3 is 0 Å². The lowest BCUT2D eigenvalue weighted by molar-refractivity contribution is -0.124. The van der Waals surface area contributed by atoms with Crippen LogP contribution >= 0.6 is 0 Å². The molecule has 7 nitrogen and oxygen atoms in total. The molecule has 110 valence electrons. The molecule has 22 heavy (non-hydrogen) atoms. The Morgan fingerprint density at radius 1 is 1.27 bits per heavy atom. The molecule has 0 radical (unpaired) electrons. The normalized spacial score (nSPS) is 12.6. The fourth-order valence-electron chi connectivity index (χ4n) is 2.00. The van der Waals surface area contributed by atoms with E-state index in [1.54, 1.807) is 42.3 Å². The maximum atomic E-state index is 12.1. The van der Waals surface area contributed by atoms with Gasteiger partial charge in [0, 0.05) is 12.4 Å². The van der Waals surface area contributed by atoms with Gasteiger partial charge in [-0.3, -0.25) is 9.78 Å². The third-order valence-electron chi connectivity index (χ3n) is 3.22. The van der Waals surface area contributed by atoms with Crippen molar-refractivity contribution in [3.8, 4) is 0 Å². The summed E-state index contributed by atoms with van der Waals surface area (Å²) in [6, 6.07) is 10.6. The quantitative estimate of drug-likeness (QED) is 0.584. The standard InChI is InChI=1S/C15H14N6O/c1-11(21-14-5-3-2-4-13(14)18-20-21)15(22)19-17-10-12-6-8-16-9-7-12/h2-11H,1H3,(H,19,22). The number of carbonyl (C=O) groups excluding carboxylic acids is 1. The van der Waals surface area contributed by atoms with E-state index in [0.717, 1.165) is 16.6 Å². The average molecular weight is 294 g/mol. The van der Waals surface area contributed by atoms with Gasteiger partial charge in [0.05, 0.1) is 11.7 Å². The number of hydrazone groups is 1. The van der Waals surface area contributed by atoms with Gasteiger partial charge in [0.1, 0.15) is 11.6 Å². The first-order chi connectivity index (χ1) is 10.8. The van der Waals surface area contributed by atoms with Crippen molar-refractivity contribution in [1.82, 2.24) is 25.4 Å². The van der Waals surface area contributed by atoms with Gasteiger partial charge in [-0.2, -0.15) is 5.10 Å². The van der Waals surface area contributed by atoms with Crippen molar-refractivity contribution in [1.29, 1.82) is 0 Å². The van der Waals surface area contributed by atoms with E-state index in [0.29, 0.717) is 0 Å². The molecule has 2 heterocycles. The summed E-state index contributed by atoms with van der Waals surface area (Å²) >= 11 is 0. The lowest BCUT2D eigenvalue weighted by Crippen LogP contribution is -2.28. The zero-order chi connectivity index (χ0) is 15.4. The van der Waals surface area contributed by atoms with Gasteiger partial charge in [-0.15, -0.1) is 5.10 Å². The van der Waals surface area contributed by atoms with Gasteiger partial charge in [0.15, 0.2) is 0 Å². The van der Waals surface area contributed by atoms with E-state index in [9.17, 15) is 4.79 Å². The molecule has 0 spiro atoms. The number of carbonyl (C=O) groups is 1. The maximum absolute atomic E-state index is 12.1. The Morgan fingerprint density at radius 3 is 2.86 bits per heavy atom. The molecule has 3 rings (SSSR count). The van der Waals surface area contributed by atoms with E-state index in [1.807, 2.05) is 24.3 Å². The molecule has 0 aliphatic rings. The zero-order valence-electron chi connectivity index (χ0n) is 11.9. The number of nitrogens with one attached hydrogen (secondary N) is 1. The molecule has 7 heteroatoms. The van der Waals surface area contributed by atoms with E-state index in [-0.39, 0.29) is 5.91 Å². The van der Waals surface area contributed by atoms with E-state index >= 15 is 0 Å². The Kier molecular flexibility index (Phi) is 3.86. The number of amides is 1. The first kappa shape index (κ1) is 13.9. The number of fused-ring (bicyclic) bond motifs is 1. The maximum Gasteiger partial charge on any atom is 0.264 e. The van der Waals surface area contributed by atoms with Crippen LogP contribution in [0.1, 0.15) is 18.5 Å². The molecule has 1 amide bonds. The highest BCUT2D eigenvalue weighted by Gasteiger charge is 2.17. The number of hydrogen-bond acceptors (Lipinski definition) is 5. The van der Waals surface area contributed by atoms with E-state index in [4.69, 9.17) is 0 Å². The Bertz CT molecular complexity index is 811. The van der Waals surface area contributed by atoms with Crippen molar-refractivity contribution in [2.45, 2.75) is 13.0 Å². The lowest BCUT2D eigenvalue weighted by Gasteiger charge is -2.10. The monoisotopic (exact) mass is 294 g/mol. The molecule has 0 fully saturated rings. The second kappa shape index (κ2) is 6.13. The van der Waals surface area contributed by atoms with Crippen LogP contribution in [0, 0.1) is 0 Å². The number of aromatic nitrogens is 4. The SMILES string of the molecule is CC(C(=O)NN=Cc1ccncc1)n1nnc2ccccc21. The summed E-state index contributed by atoms with van der Waals surface area (Å²) in [5.74, 6) is -0.263. The minimum absolute atomic E-state index is 0.263. The molecule has 0 bridgehead atoms. The van der Waals surface area contributed by atoms with Crippen molar-refractivity contribution in [2.75, 3.05) is 0 Å². The predicted octanol–water partition coefficient (Wildman–Crippen LogP) is 1.54. The largest absolute Gasteiger partial charge is 0.271 e. The van der Waals surface area contributed by atoms with Gasteiger partial charge in [-0.25, -0.2) is 10.1 Å². The van der Waals surface area contributed by atoms with Crippen molar-refractivity contribution in [2.24, 2.45) is 5.10 Å². The summed E-state index contributed by atoms with van der Waals surface area (Å²) in [4.78, 5) is 16.1. The number of pyridine rings is 1. The van der Waals surface area contributed by atoms with Crippen molar-refractivity contribution in [3.05, 3.63) is 54.4 Å². The van der Waals surface area contributed by atoms with Crippen LogP contribution in [-0.4, -0.2) is 32.1 Å². The Morgan fingerprint density at radius 2 is 2.05 bits per heavy atom. The van der Waals surface area contributed by atoms with Crippen molar-refractivity contribution < 1.29 is 4.79 Å². The Balaban J connectivity index is 1.71. The topological polar surface area (TPSA) is 85.1 Å². The van der Waals surface area contributed by atoms with Crippen LogP contribution in [0.25, 0.3) is 11.0 Å². The number of nitrogens with zero attached hydrogens (tertiary/aromatic N) is 5. The number of hydrogen-bond donors (Lipinski definition) is 1. The highest BCUT2D eigenvalue weighted by molar-refractivity contribution is 5.85. The predicted molar refractivity (Wildman–Crippen MR) is 82.2 cm³/mol. The minimum Gasteiger partial charge on any atom is -0.271 e. The summed E-state index contributed by atoms with van der Waals surface area (Å²) in [5, 5.41) is 12.0. The summed E-state index contributed by atoms with van der Waals surface area (Å²) in [6.07, 6.45) is 4.88. The molecular weight excluding hydrogens is 280 g/mol. The second-order valence-corrected chi connectivity index (χ2v) is 4.71. The van der Waals surface area contributed by atoms with Gasteiger partial charge in [-0.05, 0) is 36.8 Å². The van der Waals surface area contributed by atoms with Crippen LogP contribution in [0.5, 0.6) is 0 Å². The molecule has 1 aromatic carbocycles. The van der Waals surface area contributed by atoms with Crippen molar-refractivity contribution in [3.63, 3.8) is 0 Å². The van der Waals surface area contributed by atoms with Crippen LogP contribution in [0.3, 0.4) is 0 Å². The molecule has 0 saturated carbocycles. The van der Waals surface area contributed by atoms with Crippen molar-refractivity contribution >= 4 is 23.2 Å². The number of benzene rings is 1. The fourth-order valence-corrected chi connectivity index (χ4v) is 2.00. The molecule has 1 N–H and O–H groups in total. The number of rotatable bonds is 4. The van der Waals surface area contributed by atoms with Gasteiger partial charge in [0.2, 0.25) is 0 Å². The second-order valence-electron chi connectivity index (χ2n) is 4.71. The third kappa shape index (κ3) is 2.83. The average Bonchev–Trinajstić information content (AvgIpc) is 2.99. The third-order valence-corrected chi connectivity index (χ3v) is 3.22. The smallest absolute Gasteiger partial charge is 0.264 e. The van der Waals surface area contributed by atoms with E-state index in [2.05, 4.69) is 25.8 Å². The molecule has 2 aromatic heterocycles. The van der Waals surface area contributed by atoms with E-state index in [1.165, 1.54) is 0 Å². The summed E-state index contributed by atoms with van der Waals surface area (Å²) in [6.45, 7) is 1.75. The summed E-state index contributed by atoms with van der Waals surface area (Å²) in [7, 11) is 0. The van der Waals surface area contributed by atoms with Crippen LogP contribution in [-0.2, 0) is 4.79 Å². The number of para-hydroxylation sites is 1. The molecule has 0 aliphatic heterocycles. The molecule has 3 aromatic rings. The van der Waals surface area contributed by atoms with Gasteiger partial charge < -0.3 is 0 Å². The van der Waals surface area contributed by atoms with Crippen LogP contribution in [0.15, 0.2) is 53.9 Å². The fraction of sp³-hybridized carbons (Fsp3) is 0.133. The molecular formula is C15H14N6O. The first-order valence-electron chi connectivity index (χ1n) is 6.78. The summed E-state index contributed by atoms with van der Waals surface area (Å²) < 4.78 is 1.58. The first-order valence-corrected chi connectivity index (χ1v) is 6.78. The molecule has 1 unspecified atom stereocenters. The van der Waals surface area contributed by atoms with Crippen LogP contribution < -0.4 is 5.43 Å². The highest BCUT2D eigenvalue weighted by Crippen LogP contribution is 2.15. The zero-order valence-corrected chi connectivity index (χ0v) is 11.9. The minimum atomic E-state index is -0.512. The molecule has 0 aliphatic carbocycles. The highest BCUT2D eigenvalue weighted by atomic mass is 16.2. The summed E-state index contributed by atoms with van der Waals surface area (Å²) in [5.41, 5.74) is 4.92. The Labute approximate surface area is 126 Å². The molecule has 1 atom stereocenters. The van der Waals surface area contributed by atoms with E-state index < -0.39 is 6.04 Å². The lowest BCUT2D eigenvalue weighted by atomic mass is 10.3. The Hall–Kier alpha value is -3.09. The van der Waals surface area contributed by atoms with Gasteiger partial charge in [0.25, 0.3) is 5.91 Å². The van der Waals surface area contributed by atoms with Crippen LogP contribution in [0.4, 0.5) is 0 Å². The van der Waals surface area contributed by atoms with Gasteiger partial charge in [-0.1, -0.05) is 17.3 Å².